The van der Waals surface area contributed by atoms with Gasteiger partial charge in [0.1, 0.15) is 0 Å². The highest BCUT2D eigenvalue weighted by atomic mass is 35.5. The zero-order chi connectivity index (χ0) is 22.5. The number of nitrogens with one attached hydrogen (secondary N) is 3. The standard InChI is InChI=1S/C24H22ClN5O2/c1-15(31)27-12-17-4-2-16(3-5-17)8-18-9-19(13-26-11-18)24(32)28-14-23-21-10-20(25)6-7-22(21)29-30-23/h2-7,9-11,13H,8,12,14H2,1H3,(H,27,31)(H,28,32)(H,29,30). The molecule has 2 amide bonds. The Kier molecular flexibility index (Phi) is 6.47. The molecule has 4 rings (SSSR count). The Morgan fingerprint density at radius 3 is 2.50 bits per heavy atom. The van der Waals surface area contributed by atoms with Gasteiger partial charge in [-0.05, 0) is 47.4 Å². The summed E-state index contributed by atoms with van der Waals surface area (Å²) in [6, 6.07) is 15.3. The van der Waals surface area contributed by atoms with Crippen molar-refractivity contribution >= 4 is 34.3 Å². The van der Waals surface area contributed by atoms with E-state index in [1.807, 2.05) is 42.5 Å². The highest BCUT2D eigenvalue weighted by Crippen LogP contribution is 2.20. The molecule has 7 nitrogen and oxygen atoms in total. The van der Waals surface area contributed by atoms with Gasteiger partial charge in [0.05, 0.1) is 23.3 Å². The summed E-state index contributed by atoms with van der Waals surface area (Å²) in [6.07, 6.45) is 3.96. The first-order valence-electron chi connectivity index (χ1n) is 10.1. The summed E-state index contributed by atoms with van der Waals surface area (Å²) in [6.45, 7) is 2.30. The molecule has 0 spiro atoms. The number of rotatable bonds is 7. The number of aromatic amines is 1. The topological polar surface area (TPSA) is 99.8 Å². The van der Waals surface area contributed by atoms with Crippen LogP contribution < -0.4 is 10.6 Å². The Morgan fingerprint density at radius 2 is 1.72 bits per heavy atom. The Balaban J connectivity index is 1.39. The Labute approximate surface area is 190 Å². The van der Waals surface area contributed by atoms with Crippen molar-refractivity contribution < 1.29 is 9.59 Å². The van der Waals surface area contributed by atoms with E-state index in [0.717, 1.165) is 33.3 Å². The minimum Gasteiger partial charge on any atom is -0.352 e. The number of benzene rings is 2. The third-order valence-electron chi connectivity index (χ3n) is 5.05. The van der Waals surface area contributed by atoms with Crippen molar-refractivity contribution in [3.8, 4) is 0 Å². The van der Waals surface area contributed by atoms with Crippen molar-refractivity contribution in [2.45, 2.75) is 26.4 Å². The lowest BCUT2D eigenvalue weighted by Gasteiger charge is -2.08. The number of amides is 2. The Hall–Kier alpha value is -3.71. The van der Waals surface area contributed by atoms with Gasteiger partial charge in [0, 0.05) is 36.3 Å². The third-order valence-corrected chi connectivity index (χ3v) is 5.29. The number of nitrogens with zero attached hydrogens (tertiary/aromatic N) is 2. The molecule has 0 radical (unpaired) electrons. The molecule has 0 unspecified atom stereocenters. The zero-order valence-corrected chi connectivity index (χ0v) is 18.2. The lowest BCUT2D eigenvalue weighted by atomic mass is 10.0. The first-order chi connectivity index (χ1) is 15.5. The van der Waals surface area contributed by atoms with Crippen molar-refractivity contribution in [2.75, 3.05) is 0 Å². The van der Waals surface area contributed by atoms with E-state index in [-0.39, 0.29) is 11.8 Å². The molecule has 162 valence electrons. The van der Waals surface area contributed by atoms with Gasteiger partial charge in [-0.1, -0.05) is 35.9 Å². The molecule has 0 aliphatic rings. The summed E-state index contributed by atoms with van der Waals surface area (Å²) in [5, 5.41) is 14.4. The van der Waals surface area contributed by atoms with Crippen LogP contribution in [0.3, 0.4) is 0 Å². The number of aromatic nitrogens is 3. The molecule has 8 heteroatoms. The Bertz CT molecular complexity index is 1270. The highest BCUT2D eigenvalue weighted by molar-refractivity contribution is 6.31. The normalized spacial score (nSPS) is 10.8. The molecule has 0 saturated heterocycles. The SMILES string of the molecule is CC(=O)NCc1ccc(Cc2cncc(C(=O)NCc3[nH]nc4ccc(Cl)cc34)c2)cc1. The molecule has 0 atom stereocenters. The number of carbonyl (C=O) groups is 2. The number of fused-ring (bicyclic) bond motifs is 1. The minimum atomic E-state index is -0.213. The predicted molar refractivity (Wildman–Crippen MR) is 123 cm³/mol. The smallest absolute Gasteiger partial charge is 0.253 e. The van der Waals surface area contributed by atoms with Crippen molar-refractivity contribution in [3.05, 3.63) is 93.9 Å². The second kappa shape index (κ2) is 9.62. The lowest BCUT2D eigenvalue weighted by molar-refractivity contribution is -0.119. The molecule has 4 aromatic rings. The average molecular weight is 448 g/mol. The van der Waals surface area contributed by atoms with Gasteiger partial charge in [0.25, 0.3) is 5.91 Å². The molecule has 0 bridgehead atoms. The summed E-state index contributed by atoms with van der Waals surface area (Å²) in [5.74, 6) is -0.269. The molecule has 2 aromatic heterocycles. The average Bonchev–Trinajstić information content (AvgIpc) is 3.19. The quantitative estimate of drug-likeness (QED) is 0.401. The van der Waals surface area contributed by atoms with Crippen molar-refractivity contribution in [2.24, 2.45) is 0 Å². The van der Waals surface area contributed by atoms with Gasteiger partial charge in [0.2, 0.25) is 5.91 Å². The van der Waals surface area contributed by atoms with Crippen LogP contribution in [0.1, 0.15) is 39.7 Å². The van der Waals surface area contributed by atoms with E-state index < -0.39 is 0 Å². The van der Waals surface area contributed by atoms with Crippen molar-refractivity contribution in [1.82, 2.24) is 25.8 Å². The van der Waals surface area contributed by atoms with Gasteiger partial charge in [0.15, 0.2) is 0 Å². The fraction of sp³-hybridized carbons (Fsp3) is 0.167. The maximum absolute atomic E-state index is 12.7. The van der Waals surface area contributed by atoms with Gasteiger partial charge in [-0.25, -0.2) is 0 Å². The number of carbonyl (C=O) groups excluding carboxylic acids is 2. The number of hydrogen-bond donors (Lipinski definition) is 3. The molecule has 2 aromatic carbocycles. The highest BCUT2D eigenvalue weighted by Gasteiger charge is 2.11. The fourth-order valence-electron chi connectivity index (χ4n) is 3.39. The molecular weight excluding hydrogens is 426 g/mol. The molecular formula is C24H22ClN5O2. The van der Waals surface area contributed by atoms with Crippen LogP contribution in [0.25, 0.3) is 10.9 Å². The first kappa shape index (κ1) is 21.5. The van der Waals surface area contributed by atoms with E-state index in [1.54, 1.807) is 18.5 Å². The van der Waals surface area contributed by atoms with Crippen LogP contribution in [0.2, 0.25) is 5.02 Å². The van der Waals surface area contributed by atoms with Crippen LogP contribution in [0, 0.1) is 0 Å². The summed E-state index contributed by atoms with van der Waals surface area (Å²) in [7, 11) is 0. The Morgan fingerprint density at radius 1 is 0.938 bits per heavy atom. The monoisotopic (exact) mass is 447 g/mol. The maximum atomic E-state index is 12.7. The molecule has 0 aliphatic carbocycles. The van der Waals surface area contributed by atoms with Crippen LogP contribution in [0.15, 0.2) is 60.9 Å². The number of H-pyrrole nitrogens is 1. The fourth-order valence-corrected chi connectivity index (χ4v) is 3.56. The third kappa shape index (κ3) is 5.31. The maximum Gasteiger partial charge on any atom is 0.253 e. The molecule has 0 aliphatic heterocycles. The van der Waals surface area contributed by atoms with Gasteiger partial charge >= 0.3 is 0 Å². The van der Waals surface area contributed by atoms with E-state index in [4.69, 9.17) is 11.6 Å². The van der Waals surface area contributed by atoms with Crippen molar-refractivity contribution in [3.63, 3.8) is 0 Å². The minimum absolute atomic E-state index is 0.0558. The summed E-state index contributed by atoms with van der Waals surface area (Å²) < 4.78 is 0. The van der Waals surface area contributed by atoms with E-state index in [0.29, 0.717) is 30.1 Å². The van der Waals surface area contributed by atoms with E-state index in [2.05, 4.69) is 25.8 Å². The van der Waals surface area contributed by atoms with E-state index >= 15 is 0 Å². The summed E-state index contributed by atoms with van der Waals surface area (Å²) in [4.78, 5) is 27.9. The predicted octanol–water partition coefficient (Wildman–Crippen LogP) is 3.77. The first-order valence-corrected chi connectivity index (χ1v) is 10.5. The van der Waals surface area contributed by atoms with E-state index in [9.17, 15) is 9.59 Å². The largest absolute Gasteiger partial charge is 0.352 e. The molecule has 3 N–H and O–H groups in total. The van der Waals surface area contributed by atoms with Crippen LogP contribution >= 0.6 is 11.6 Å². The van der Waals surface area contributed by atoms with Crippen LogP contribution in [0.4, 0.5) is 0 Å². The number of halogens is 1. The number of hydrogen-bond acceptors (Lipinski definition) is 4. The lowest BCUT2D eigenvalue weighted by Crippen LogP contribution is -2.23. The second-order valence-electron chi connectivity index (χ2n) is 7.53. The number of pyridine rings is 1. The summed E-state index contributed by atoms with van der Waals surface area (Å²) >= 11 is 6.07. The summed E-state index contributed by atoms with van der Waals surface area (Å²) in [5.41, 5.74) is 5.14. The van der Waals surface area contributed by atoms with Gasteiger partial charge < -0.3 is 10.6 Å². The zero-order valence-electron chi connectivity index (χ0n) is 17.5. The second-order valence-corrected chi connectivity index (χ2v) is 7.97. The van der Waals surface area contributed by atoms with Crippen LogP contribution in [0.5, 0.6) is 0 Å². The van der Waals surface area contributed by atoms with Gasteiger partial charge in [-0.3, -0.25) is 19.7 Å². The van der Waals surface area contributed by atoms with Crippen molar-refractivity contribution in [1.29, 1.82) is 0 Å². The van der Waals surface area contributed by atoms with Crippen LogP contribution in [-0.4, -0.2) is 27.0 Å². The van der Waals surface area contributed by atoms with E-state index in [1.165, 1.54) is 6.92 Å². The molecule has 2 heterocycles. The van der Waals surface area contributed by atoms with Gasteiger partial charge in [-0.15, -0.1) is 0 Å². The van der Waals surface area contributed by atoms with Crippen LogP contribution in [-0.2, 0) is 24.3 Å². The molecule has 0 fully saturated rings. The van der Waals surface area contributed by atoms with Gasteiger partial charge in [-0.2, -0.15) is 5.10 Å². The molecule has 0 saturated carbocycles. The molecule has 32 heavy (non-hydrogen) atoms.